The molecule has 2 heterocycles. The van der Waals surface area contributed by atoms with Gasteiger partial charge in [-0.1, -0.05) is 0 Å². The lowest BCUT2D eigenvalue weighted by atomic mass is 9.99. The number of piperidine rings is 1. The molecule has 2 atom stereocenters. The van der Waals surface area contributed by atoms with E-state index >= 15 is 0 Å². The Balaban J connectivity index is 2.01. The second-order valence-corrected chi connectivity index (χ2v) is 4.40. The molecule has 2 unspecified atom stereocenters. The second kappa shape index (κ2) is 5.14. The van der Waals surface area contributed by atoms with Gasteiger partial charge >= 0.3 is 0 Å². The van der Waals surface area contributed by atoms with E-state index in [1.54, 1.807) is 0 Å². The van der Waals surface area contributed by atoms with Crippen molar-refractivity contribution in [3.05, 3.63) is 24.0 Å². The second-order valence-electron chi connectivity index (χ2n) is 4.40. The highest BCUT2D eigenvalue weighted by atomic mass is 16.3. The summed E-state index contributed by atoms with van der Waals surface area (Å²) in [7, 11) is 0. The topological polar surface area (TPSA) is 74.2 Å². The zero-order valence-corrected chi connectivity index (χ0v) is 9.81. The number of carbonyl (C=O) groups is 1. The lowest BCUT2D eigenvalue weighted by molar-refractivity contribution is 0.0919. The first-order chi connectivity index (χ1) is 8.16. The van der Waals surface area contributed by atoms with Crippen molar-refractivity contribution in [2.45, 2.75) is 31.8 Å². The van der Waals surface area contributed by atoms with Gasteiger partial charge in [0.15, 0.2) is 0 Å². The van der Waals surface area contributed by atoms with Crippen LogP contribution in [-0.4, -0.2) is 34.6 Å². The zero-order valence-electron chi connectivity index (χ0n) is 9.81. The largest absolute Gasteiger partial charge is 0.506 e. The Morgan fingerprint density at radius 1 is 1.59 bits per heavy atom. The molecule has 1 aromatic heterocycles. The number of amides is 1. The molecule has 92 valence electrons. The van der Waals surface area contributed by atoms with Crippen LogP contribution in [0.3, 0.4) is 0 Å². The van der Waals surface area contributed by atoms with Crippen molar-refractivity contribution in [3.63, 3.8) is 0 Å². The highest BCUT2D eigenvalue weighted by molar-refractivity contribution is 5.94. The molecule has 1 amide bonds. The van der Waals surface area contributed by atoms with Gasteiger partial charge in [0.05, 0.1) is 11.8 Å². The van der Waals surface area contributed by atoms with Crippen molar-refractivity contribution in [2.75, 3.05) is 6.54 Å². The number of nitrogens with one attached hydrogen (secondary N) is 2. The Labute approximate surface area is 100 Å². The minimum Gasteiger partial charge on any atom is -0.506 e. The van der Waals surface area contributed by atoms with Crippen molar-refractivity contribution in [3.8, 4) is 5.75 Å². The van der Waals surface area contributed by atoms with Crippen molar-refractivity contribution in [1.82, 2.24) is 15.6 Å². The Morgan fingerprint density at radius 2 is 2.41 bits per heavy atom. The van der Waals surface area contributed by atoms with Crippen molar-refractivity contribution in [2.24, 2.45) is 0 Å². The van der Waals surface area contributed by atoms with E-state index in [4.69, 9.17) is 0 Å². The normalized spacial score (nSPS) is 24.3. The summed E-state index contributed by atoms with van der Waals surface area (Å²) in [5.74, 6) is -0.179. The number of carbonyl (C=O) groups excluding carboxylic acids is 1. The quantitative estimate of drug-likeness (QED) is 0.704. The summed E-state index contributed by atoms with van der Waals surface area (Å²) in [6, 6.07) is 1.83. The molecule has 0 aromatic carbocycles. The van der Waals surface area contributed by atoms with Crippen molar-refractivity contribution >= 4 is 5.91 Å². The fraction of sp³-hybridized carbons (Fsp3) is 0.500. The van der Waals surface area contributed by atoms with E-state index in [0.29, 0.717) is 5.56 Å². The maximum absolute atomic E-state index is 11.9. The molecular weight excluding hydrogens is 218 g/mol. The van der Waals surface area contributed by atoms with Crippen LogP contribution in [-0.2, 0) is 0 Å². The first-order valence-corrected chi connectivity index (χ1v) is 5.85. The van der Waals surface area contributed by atoms with Gasteiger partial charge in [0, 0.05) is 18.3 Å². The van der Waals surface area contributed by atoms with Crippen LogP contribution in [0.15, 0.2) is 18.5 Å². The van der Waals surface area contributed by atoms with Gasteiger partial charge in [0.1, 0.15) is 5.75 Å². The average molecular weight is 235 g/mol. The molecule has 5 heteroatoms. The van der Waals surface area contributed by atoms with Crippen LogP contribution in [0.2, 0.25) is 0 Å². The van der Waals surface area contributed by atoms with E-state index in [-0.39, 0.29) is 23.7 Å². The molecule has 1 aliphatic rings. The molecule has 0 bridgehead atoms. The van der Waals surface area contributed by atoms with Gasteiger partial charge in [-0.2, -0.15) is 0 Å². The number of hydrogen-bond acceptors (Lipinski definition) is 4. The highest BCUT2D eigenvalue weighted by Gasteiger charge is 2.22. The average Bonchev–Trinajstić information content (AvgIpc) is 2.32. The Morgan fingerprint density at radius 3 is 3.12 bits per heavy atom. The van der Waals surface area contributed by atoms with Crippen LogP contribution in [0.5, 0.6) is 5.75 Å². The Bertz CT molecular complexity index is 408. The van der Waals surface area contributed by atoms with Crippen LogP contribution in [0.4, 0.5) is 0 Å². The third kappa shape index (κ3) is 2.94. The van der Waals surface area contributed by atoms with Crippen LogP contribution in [0.1, 0.15) is 30.1 Å². The third-order valence-corrected chi connectivity index (χ3v) is 3.06. The Hall–Kier alpha value is -1.62. The van der Waals surface area contributed by atoms with Crippen LogP contribution in [0, 0.1) is 0 Å². The SMILES string of the molecule is CC1NCCCC1NC(=O)c1cncc(O)c1. The summed E-state index contributed by atoms with van der Waals surface area (Å²) < 4.78 is 0. The smallest absolute Gasteiger partial charge is 0.253 e. The number of pyridine rings is 1. The molecule has 1 saturated heterocycles. The van der Waals surface area contributed by atoms with Gasteiger partial charge in [-0.25, -0.2) is 0 Å². The summed E-state index contributed by atoms with van der Waals surface area (Å²) in [6.07, 6.45) is 4.80. The van der Waals surface area contributed by atoms with E-state index in [2.05, 4.69) is 22.5 Å². The molecule has 2 rings (SSSR count). The number of aromatic nitrogens is 1. The minimum atomic E-state index is -0.186. The van der Waals surface area contributed by atoms with Gasteiger partial charge in [0.2, 0.25) is 0 Å². The first-order valence-electron chi connectivity index (χ1n) is 5.85. The van der Waals surface area contributed by atoms with Gasteiger partial charge < -0.3 is 15.7 Å². The monoisotopic (exact) mass is 235 g/mol. The molecule has 1 fully saturated rings. The van der Waals surface area contributed by atoms with Gasteiger partial charge in [-0.3, -0.25) is 9.78 Å². The lowest BCUT2D eigenvalue weighted by Crippen LogP contribution is -2.51. The molecule has 3 N–H and O–H groups in total. The maximum Gasteiger partial charge on any atom is 0.253 e. The van der Waals surface area contributed by atoms with E-state index in [1.807, 2.05) is 0 Å². The molecule has 0 saturated carbocycles. The third-order valence-electron chi connectivity index (χ3n) is 3.06. The predicted molar refractivity (Wildman–Crippen MR) is 63.9 cm³/mol. The van der Waals surface area contributed by atoms with E-state index in [9.17, 15) is 9.90 Å². The summed E-state index contributed by atoms with van der Waals surface area (Å²) in [6.45, 7) is 3.06. The standard InChI is InChI=1S/C12H17N3O2/c1-8-11(3-2-4-14-8)15-12(17)9-5-10(16)7-13-6-9/h5-8,11,14,16H,2-4H2,1H3,(H,15,17). The number of aromatic hydroxyl groups is 1. The molecule has 1 aliphatic heterocycles. The highest BCUT2D eigenvalue weighted by Crippen LogP contribution is 2.11. The van der Waals surface area contributed by atoms with Gasteiger partial charge in [-0.05, 0) is 32.4 Å². The minimum absolute atomic E-state index is 0.00691. The molecule has 0 spiro atoms. The summed E-state index contributed by atoms with van der Waals surface area (Å²) >= 11 is 0. The number of nitrogens with zero attached hydrogens (tertiary/aromatic N) is 1. The summed E-state index contributed by atoms with van der Waals surface area (Å²) in [5.41, 5.74) is 0.391. The fourth-order valence-corrected chi connectivity index (χ4v) is 2.04. The van der Waals surface area contributed by atoms with Crippen LogP contribution in [0.25, 0.3) is 0 Å². The van der Waals surface area contributed by atoms with Gasteiger partial charge in [0.25, 0.3) is 5.91 Å². The summed E-state index contributed by atoms with van der Waals surface area (Å²) in [4.78, 5) is 15.7. The molecule has 5 nitrogen and oxygen atoms in total. The molecule has 17 heavy (non-hydrogen) atoms. The van der Waals surface area contributed by atoms with Crippen molar-refractivity contribution < 1.29 is 9.90 Å². The van der Waals surface area contributed by atoms with Crippen LogP contribution >= 0.6 is 0 Å². The maximum atomic E-state index is 11.9. The van der Waals surface area contributed by atoms with E-state index in [1.165, 1.54) is 18.5 Å². The van der Waals surface area contributed by atoms with E-state index < -0.39 is 0 Å². The molecule has 0 aliphatic carbocycles. The number of hydrogen-bond donors (Lipinski definition) is 3. The molecule has 0 radical (unpaired) electrons. The predicted octanol–water partition coefficient (Wildman–Crippen LogP) is 0.657. The van der Waals surface area contributed by atoms with Gasteiger partial charge in [-0.15, -0.1) is 0 Å². The number of rotatable bonds is 2. The fourth-order valence-electron chi connectivity index (χ4n) is 2.04. The first kappa shape index (κ1) is 11.9. The Kier molecular flexibility index (Phi) is 3.58. The molecular formula is C12H17N3O2. The lowest BCUT2D eigenvalue weighted by Gasteiger charge is -2.30. The molecule has 1 aromatic rings. The zero-order chi connectivity index (χ0) is 12.3. The van der Waals surface area contributed by atoms with Crippen LogP contribution < -0.4 is 10.6 Å². The summed E-state index contributed by atoms with van der Waals surface area (Å²) in [5, 5.41) is 15.5. The van der Waals surface area contributed by atoms with Crippen molar-refractivity contribution in [1.29, 1.82) is 0 Å². The van der Waals surface area contributed by atoms with E-state index in [0.717, 1.165) is 19.4 Å².